The molecule has 2 aromatic carbocycles. The van der Waals surface area contributed by atoms with Crippen LogP contribution in [0.3, 0.4) is 0 Å². The predicted octanol–water partition coefficient (Wildman–Crippen LogP) is 3.84. The summed E-state index contributed by atoms with van der Waals surface area (Å²) in [6.07, 6.45) is 1.79. The molecule has 0 aromatic heterocycles. The van der Waals surface area contributed by atoms with E-state index in [4.69, 9.17) is 21.7 Å². The molecule has 10 heteroatoms. The highest BCUT2D eigenvalue weighted by Gasteiger charge is 2.44. The molecule has 0 bridgehead atoms. The molecular weight excluding hydrogens is 526 g/mol. The van der Waals surface area contributed by atoms with Crippen LogP contribution < -0.4 is 19.7 Å². The van der Waals surface area contributed by atoms with Crippen LogP contribution in [0, 0.1) is 0 Å². The molecule has 9 nitrogen and oxygen atoms in total. The second kappa shape index (κ2) is 14.4. The lowest BCUT2D eigenvalue weighted by molar-refractivity contribution is -0.124. The Morgan fingerprint density at radius 3 is 2.23 bits per heavy atom. The highest BCUT2D eigenvalue weighted by molar-refractivity contribution is 7.80. The number of nitrogens with zero attached hydrogens (tertiary/aromatic N) is 4. The Labute approximate surface area is 243 Å². The normalized spacial score (nSPS) is 18.3. The summed E-state index contributed by atoms with van der Waals surface area (Å²) in [5.41, 5.74) is 1.33. The molecule has 0 aliphatic carbocycles. The summed E-state index contributed by atoms with van der Waals surface area (Å²) in [7, 11) is 1.60. The Morgan fingerprint density at radius 2 is 1.60 bits per heavy atom. The van der Waals surface area contributed by atoms with E-state index in [0.29, 0.717) is 35.4 Å². The Bertz CT molecular complexity index is 1140. The van der Waals surface area contributed by atoms with Crippen LogP contribution in [0.25, 0.3) is 0 Å². The number of piperazine rings is 1. The van der Waals surface area contributed by atoms with Gasteiger partial charge in [0.05, 0.1) is 25.8 Å². The molecule has 2 saturated heterocycles. The minimum absolute atomic E-state index is 0.00882. The van der Waals surface area contributed by atoms with E-state index in [1.807, 2.05) is 41.3 Å². The fourth-order valence-electron chi connectivity index (χ4n) is 5.09. The van der Waals surface area contributed by atoms with Crippen molar-refractivity contribution >= 4 is 40.5 Å². The molecule has 2 amide bonds. The van der Waals surface area contributed by atoms with Crippen molar-refractivity contribution in [3.05, 3.63) is 48.5 Å². The highest BCUT2D eigenvalue weighted by atomic mass is 32.1. The molecular formula is C30H41N5O4S. The monoisotopic (exact) mass is 567 g/mol. The predicted molar refractivity (Wildman–Crippen MR) is 162 cm³/mol. The minimum atomic E-state index is -0.668. The van der Waals surface area contributed by atoms with Gasteiger partial charge in [0.25, 0.3) is 5.91 Å². The van der Waals surface area contributed by atoms with Gasteiger partial charge < -0.3 is 29.5 Å². The molecule has 2 aliphatic heterocycles. The number of nitrogens with one attached hydrogen (secondary N) is 1. The van der Waals surface area contributed by atoms with Gasteiger partial charge in [-0.2, -0.15) is 0 Å². The summed E-state index contributed by atoms with van der Waals surface area (Å²) in [4.78, 5) is 35.2. The van der Waals surface area contributed by atoms with Gasteiger partial charge in [-0.15, -0.1) is 0 Å². The maximum atomic E-state index is 13.7. The van der Waals surface area contributed by atoms with Crippen LogP contribution in [-0.2, 0) is 9.59 Å². The molecule has 2 fully saturated rings. The topological polar surface area (TPSA) is 77.6 Å². The van der Waals surface area contributed by atoms with Gasteiger partial charge in [-0.3, -0.25) is 14.5 Å². The summed E-state index contributed by atoms with van der Waals surface area (Å²) in [6.45, 7) is 11.8. The van der Waals surface area contributed by atoms with Crippen LogP contribution in [-0.4, -0.2) is 97.2 Å². The van der Waals surface area contributed by atoms with Gasteiger partial charge >= 0.3 is 0 Å². The first-order chi connectivity index (χ1) is 19.4. The summed E-state index contributed by atoms with van der Waals surface area (Å²) in [5, 5.41) is 3.36. The highest BCUT2D eigenvalue weighted by Crippen LogP contribution is 2.29. The number of hydrogen-bond donors (Lipinski definition) is 1. The van der Waals surface area contributed by atoms with Gasteiger partial charge in [-0.1, -0.05) is 13.8 Å². The number of benzene rings is 2. The first-order valence-electron chi connectivity index (χ1n) is 14.2. The van der Waals surface area contributed by atoms with Crippen molar-refractivity contribution in [2.24, 2.45) is 0 Å². The molecule has 216 valence electrons. The number of thiocarbonyl (C=S) groups is 1. The Morgan fingerprint density at radius 1 is 0.950 bits per heavy atom. The maximum absolute atomic E-state index is 13.7. The average Bonchev–Trinajstić information content (AvgIpc) is 3.21. The van der Waals surface area contributed by atoms with Gasteiger partial charge in [-0.05, 0) is 86.7 Å². The molecule has 0 spiro atoms. The Hall–Kier alpha value is -3.21. The van der Waals surface area contributed by atoms with Gasteiger partial charge in [0.1, 0.15) is 17.5 Å². The Kier molecular flexibility index (Phi) is 10.7. The number of amides is 2. The first-order valence-corrected chi connectivity index (χ1v) is 14.6. The van der Waals surface area contributed by atoms with E-state index in [1.54, 1.807) is 24.1 Å². The molecule has 0 unspecified atom stereocenters. The molecule has 2 heterocycles. The molecule has 2 aromatic rings. The van der Waals surface area contributed by atoms with Crippen LogP contribution in [0.5, 0.6) is 11.5 Å². The number of likely N-dealkylation sites (N-methyl/N-ethyl adjacent to an activating group) is 1. The van der Waals surface area contributed by atoms with E-state index >= 15 is 0 Å². The van der Waals surface area contributed by atoms with E-state index in [0.717, 1.165) is 57.9 Å². The van der Waals surface area contributed by atoms with E-state index in [9.17, 15) is 9.59 Å². The van der Waals surface area contributed by atoms with Crippen molar-refractivity contribution in [3.63, 3.8) is 0 Å². The largest absolute Gasteiger partial charge is 0.497 e. The van der Waals surface area contributed by atoms with Crippen LogP contribution >= 0.6 is 12.2 Å². The SMILES string of the molecule is CCCOc1ccc(NC(=O)C[C@H]2C(=O)N(c3ccc(OC)cc3)C(=S)N2CCCN2CCN(CC)CC2)cc1. The Balaban J connectivity index is 1.43. The van der Waals surface area contributed by atoms with Crippen molar-refractivity contribution in [3.8, 4) is 11.5 Å². The maximum Gasteiger partial charge on any atom is 0.256 e. The lowest BCUT2D eigenvalue weighted by Crippen LogP contribution is -2.47. The number of rotatable bonds is 13. The summed E-state index contributed by atoms with van der Waals surface area (Å²) in [6, 6.07) is 13.9. The van der Waals surface area contributed by atoms with E-state index < -0.39 is 6.04 Å². The first kappa shape index (κ1) is 29.8. The van der Waals surface area contributed by atoms with Crippen molar-refractivity contribution in [1.29, 1.82) is 0 Å². The summed E-state index contributed by atoms with van der Waals surface area (Å²) >= 11 is 5.83. The smallest absolute Gasteiger partial charge is 0.256 e. The van der Waals surface area contributed by atoms with Crippen LogP contribution in [0.15, 0.2) is 48.5 Å². The lowest BCUT2D eigenvalue weighted by atomic mass is 10.1. The second-order valence-corrected chi connectivity index (χ2v) is 10.5. The number of ether oxygens (including phenoxy) is 2. The van der Waals surface area contributed by atoms with E-state index in [1.165, 1.54) is 0 Å². The number of carbonyl (C=O) groups excluding carboxylic acids is 2. The standard InChI is InChI=1S/C30H41N5O4S/c1-4-21-39-26-11-7-23(8-12-26)31-28(36)22-27-29(37)35(24-9-13-25(38-3)14-10-24)30(40)34(27)16-6-15-33-19-17-32(5-2)18-20-33/h7-14,27H,4-6,15-22H2,1-3H3,(H,31,36)/t27-/m0/s1. The second-order valence-electron chi connectivity index (χ2n) is 10.1. The van der Waals surface area contributed by atoms with Crippen molar-refractivity contribution < 1.29 is 19.1 Å². The van der Waals surface area contributed by atoms with E-state index in [2.05, 4.69) is 29.0 Å². The molecule has 4 rings (SSSR count). The van der Waals surface area contributed by atoms with Gasteiger partial charge in [0.2, 0.25) is 5.91 Å². The van der Waals surface area contributed by atoms with Crippen molar-refractivity contribution in [2.75, 3.05) is 69.7 Å². The number of anilines is 2. The zero-order valence-corrected chi connectivity index (χ0v) is 24.6. The van der Waals surface area contributed by atoms with Crippen LogP contribution in [0.4, 0.5) is 11.4 Å². The van der Waals surface area contributed by atoms with Gasteiger partial charge in [0.15, 0.2) is 5.11 Å². The van der Waals surface area contributed by atoms with Crippen molar-refractivity contribution in [1.82, 2.24) is 14.7 Å². The number of carbonyl (C=O) groups is 2. The molecule has 0 radical (unpaired) electrons. The van der Waals surface area contributed by atoms with E-state index in [-0.39, 0.29) is 18.2 Å². The third kappa shape index (κ3) is 7.50. The molecule has 1 N–H and O–H groups in total. The quantitative estimate of drug-likeness (QED) is 0.366. The summed E-state index contributed by atoms with van der Waals surface area (Å²) in [5.74, 6) is 1.03. The molecule has 0 saturated carbocycles. The number of hydrogen-bond acceptors (Lipinski definition) is 7. The zero-order chi connectivity index (χ0) is 28.5. The van der Waals surface area contributed by atoms with Crippen molar-refractivity contribution in [2.45, 2.75) is 39.2 Å². The molecule has 2 aliphatic rings. The lowest BCUT2D eigenvalue weighted by Gasteiger charge is -2.34. The average molecular weight is 568 g/mol. The number of methoxy groups -OCH3 is 1. The van der Waals surface area contributed by atoms with Crippen LogP contribution in [0.1, 0.15) is 33.1 Å². The van der Waals surface area contributed by atoms with Crippen LogP contribution in [0.2, 0.25) is 0 Å². The zero-order valence-electron chi connectivity index (χ0n) is 23.8. The van der Waals surface area contributed by atoms with Gasteiger partial charge in [-0.25, -0.2) is 0 Å². The molecule has 40 heavy (non-hydrogen) atoms. The third-order valence-electron chi connectivity index (χ3n) is 7.42. The third-order valence-corrected chi connectivity index (χ3v) is 7.84. The summed E-state index contributed by atoms with van der Waals surface area (Å²) < 4.78 is 10.9. The minimum Gasteiger partial charge on any atom is -0.497 e. The van der Waals surface area contributed by atoms with Gasteiger partial charge in [0, 0.05) is 38.4 Å². The molecule has 1 atom stereocenters. The fraction of sp³-hybridized carbons (Fsp3) is 0.500. The fourth-order valence-corrected chi connectivity index (χ4v) is 5.51.